The second kappa shape index (κ2) is 6.84. The molecule has 27 heavy (non-hydrogen) atoms. The minimum Gasteiger partial charge on any atom is -0.494 e. The van der Waals surface area contributed by atoms with Crippen LogP contribution in [0.25, 0.3) is 11.2 Å². The molecular weight excluding hydrogens is 346 g/mol. The molecule has 0 atom stereocenters. The van der Waals surface area contributed by atoms with Crippen molar-refractivity contribution in [3.8, 4) is 5.88 Å². The first-order valence-electron chi connectivity index (χ1n) is 9.52. The maximum absolute atomic E-state index is 13.0. The molecule has 2 aliphatic rings. The third kappa shape index (κ3) is 3.25. The summed E-state index contributed by atoms with van der Waals surface area (Å²) < 4.78 is 2.90. The lowest BCUT2D eigenvalue weighted by Crippen LogP contribution is -2.34. The van der Waals surface area contributed by atoms with Gasteiger partial charge in [-0.2, -0.15) is 9.61 Å². The Morgan fingerprint density at radius 2 is 2.22 bits per heavy atom. The van der Waals surface area contributed by atoms with Crippen LogP contribution in [0.4, 0.5) is 0 Å². The molecule has 4 rings (SSSR count). The zero-order valence-electron chi connectivity index (χ0n) is 15.7. The van der Waals surface area contributed by atoms with Gasteiger partial charge in [-0.05, 0) is 37.3 Å². The SMILES string of the molecule is CC(C)Cn1c(O)c(C(=O)NC2CC2)c(=O)n2ncc(C3=CCNCC3)c12. The van der Waals surface area contributed by atoms with Gasteiger partial charge < -0.3 is 15.7 Å². The van der Waals surface area contributed by atoms with Gasteiger partial charge in [0.15, 0.2) is 5.56 Å². The smallest absolute Gasteiger partial charge is 0.291 e. The van der Waals surface area contributed by atoms with E-state index in [1.54, 1.807) is 10.8 Å². The number of aromatic hydroxyl groups is 1. The highest BCUT2D eigenvalue weighted by Crippen LogP contribution is 2.28. The standard InChI is InChI=1S/C19H25N5O3/c1-11(2)10-23-17-14(12-5-7-20-8-6-12)9-21-24(17)19(27)15(18(23)26)16(25)22-13-3-4-13/h5,9,11,13,20,26H,3-4,6-8,10H2,1-2H3,(H,22,25). The molecule has 0 unspecified atom stereocenters. The number of hydrogen-bond acceptors (Lipinski definition) is 5. The normalized spacial score (nSPS) is 17.4. The van der Waals surface area contributed by atoms with Crippen LogP contribution in [0, 0.1) is 5.92 Å². The summed E-state index contributed by atoms with van der Waals surface area (Å²) in [6, 6.07) is 0.0959. The summed E-state index contributed by atoms with van der Waals surface area (Å²) in [6.45, 7) is 6.14. The first-order valence-corrected chi connectivity index (χ1v) is 9.52. The van der Waals surface area contributed by atoms with E-state index in [1.807, 2.05) is 13.8 Å². The molecule has 2 aromatic heterocycles. The van der Waals surface area contributed by atoms with E-state index in [-0.39, 0.29) is 23.4 Å². The van der Waals surface area contributed by atoms with Crippen LogP contribution in [-0.2, 0) is 6.54 Å². The Morgan fingerprint density at radius 1 is 1.44 bits per heavy atom. The number of fused-ring (bicyclic) bond motifs is 1. The van der Waals surface area contributed by atoms with Crippen LogP contribution in [0.15, 0.2) is 17.1 Å². The Labute approximate surface area is 156 Å². The van der Waals surface area contributed by atoms with Crippen molar-refractivity contribution < 1.29 is 9.90 Å². The van der Waals surface area contributed by atoms with Crippen molar-refractivity contribution in [3.05, 3.63) is 33.8 Å². The first kappa shape index (κ1) is 17.8. The molecule has 1 aliphatic carbocycles. The Balaban J connectivity index is 1.93. The molecule has 0 aromatic carbocycles. The number of carbonyl (C=O) groups excluding carboxylic acids is 1. The lowest BCUT2D eigenvalue weighted by Gasteiger charge is -2.19. The van der Waals surface area contributed by atoms with Crippen molar-refractivity contribution in [3.63, 3.8) is 0 Å². The number of nitrogens with zero attached hydrogens (tertiary/aromatic N) is 3. The second-order valence-corrected chi connectivity index (χ2v) is 7.73. The quantitative estimate of drug-likeness (QED) is 0.731. The second-order valence-electron chi connectivity index (χ2n) is 7.73. The van der Waals surface area contributed by atoms with Crippen LogP contribution in [0.1, 0.15) is 49.0 Å². The molecule has 0 bridgehead atoms. The summed E-state index contributed by atoms with van der Waals surface area (Å²) in [5, 5.41) is 21.2. The minimum absolute atomic E-state index is 0.0959. The van der Waals surface area contributed by atoms with E-state index in [2.05, 4.69) is 21.8 Å². The van der Waals surface area contributed by atoms with Crippen molar-refractivity contribution in [2.24, 2.45) is 5.92 Å². The van der Waals surface area contributed by atoms with Gasteiger partial charge in [0, 0.05) is 24.7 Å². The van der Waals surface area contributed by atoms with Crippen molar-refractivity contribution in [1.82, 2.24) is 24.8 Å². The molecule has 1 amide bonds. The molecule has 1 saturated carbocycles. The first-order chi connectivity index (χ1) is 13.0. The van der Waals surface area contributed by atoms with Crippen molar-refractivity contribution in [2.75, 3.05) is 13.1 Å². The van der Waals surface area contributed by atoms with Crippen molar-refractivity contribution in [1.29, 1.82) is 0 Å². The number of rotatable bonds is 5. The molecule has 0 radical (unpaired) electrons. The summed E-state index contributed by atoms with van der Waals surface area (Å²) in [5.41, 5.74) is 1.65. The monoisotopic (exact) mass is 371 g/mol. The molecule has 1 aliphatic heterocycles. The molecule has 1 fully saturated rings. The van der Waals surface area contributed by atoms with E-state index in [0.717, 1.165) is 43.5 Å². The van der Waals surface area contributed by atoms with Gasteiger partial charge in [0.05, 0.1) is 6.20 Å². The van der Waals surface area contributed by atoms with Gasteiger partial charge in [0.1, 0.15) is 5.65 Å². The number of aromatic nitrogens is 3. The fourth-order valence-electron chi connectivity index (χ4n) is 3.50. The van der Waals surface area contributed by atoms with Crippen LogP contribution in [0.3, 0.4) is 0 Å². The third-order valence-corrected chi connectivity index (χ3v) is 4.98. The fourth-order valence-corrected chi connectivity index (χ4v) is 3.50. The third-order valence-electron chi connectivity index (χ3n) is 4.98. The van der Waals surface area contributed by atoms with Gasteiger partial charge in [-0.25, -0.2) is 0 Å². The summed E-state index contributed by atoms with van der Waals surface area (Å²) >= 11 is 0. The van der Waals surface area contributed by atoms with Gasteiger partial charge in [0.25, 0.3) is 11.5 Å². The molecule has 3 heterocycles. The highest BCUT2D eigenvalue weighted by atomic mass is 16.3. The Bertz CT molecular complexity index is 981. The van der Waals surface area contributed by atoms with Crippen molar-refractivity contribution in [2.45, 2.75) is 45.7 Å². The zero-order valence-corrected chi connectivity index (χ0v) is 15.7. The van der Waals surface area contributed by atoms with Crippen molar-refractivity contribution >= 4 is 17.1 Å². The van der Waals surface area contributed by atoms with Gasteiger partial charge in [-0.15, -0.1) is 0 Å². The molecule has 0 saturated heterocycles. The van der Waals surface area contributed by atoms with E-state index >= 15 is 0 Å². The fraction of sp³-hybridized carbons (Fsp3) is 0.526. The largest absolute Gasteiger partial charge is 0.494 e. The van der Waals surface area contributed by atoms with Crippen LogP contribution in [-0.4, -0.2) is 44.3 Å². The summed E-state index contributed by atoms with van der Waals surface area (Å²) in [5.74, 6) is -0.598. The van der Waals surface area contributed by atoms with Crippen LogP contribution >= 0.6 is 0 Å². The zero-order chi connectivity index (χ0) is 19.1. The number of amides is 1. The molecule has 144 valence electrons. The van der Waals surface area contributed by atoms with E-state index in [4.69, 9.17) is 0 Å². The van der Waals surface area contributed by atoms with Gasteiger partial charge in [0.2, 0.25) is 5.88 Å². The number of nitrogens with one attached hydrogen (secondary N) is 2. The summed E-state index contributed by atoms with van der Waals surface area (Å²) in [7, 11) is 0. The van der Waals surface area contributed by atoms with Gasteiger partial charge in [-0.3, -0.25) is 14.2 Å². The summed E-state index contributed by atoms with van der Waals surface area (Å²) in [6.07, 6.45) is 6.37. The van der Waals surface area contributed by atoms with Crippen LogP contribution in [0.2, 0.25) is 0 Å². The number of hydrogen-bond donors (Lipinski definition) is 3. The Kier molecular flexibility index (Phi) is 4.51. The maximum Gasteiger partial charge on any atom is 0.291 e. The molecule has 8 heteroatoms. The average Bonchev–Trinajstić information content (AvgIpc) is 3.33. The molecule has 3 N–H and O–H groups in total. The van der Waals surface area contributed by atoms with E-state index < -0.39 is 11.5 Å². The Morgan fingerprint density at radius 3 is 2.85 bits per heavy atom. The highest BCUT2D eigenvalue weighted by Gasteiger charge is 2.30. The maximum atomic E-state index is 13.0. The van der Waals surface area contributed by atoms with E-state index in [1.165, 1.54) is 4.52 Å². The van der Waals surface area contributed by atoms with Crippen LogP contribution < -0.4 is 16.2 Å². The summed E-state index contributed by atoms with van der Waals surface area (Å²) in [4.78, 5) is 25.5. The van der Waals surface area contributed by atoms with E-state index in [0.29, 0.717) is 12.2 Å². The predicted molar refractivity (Wildman–Crippen MR) is 102 cm³/mol. The Hall–Kier alpha value is -2.61. The van der Waals surface area contributed by atoms with Crippen LogP contribution in [0.5, 0.6) is 5.88 Å². The number of carbonyl (C=O) groups is 1. The molecule has 8 nitrogen and oxygen atoms in total. The molecule has 0 spiro atoms. The lowest BCUT2D eigenvalue weighted by molar-refractivity contribution is 0.0944. The van der Waals surface area contributed by atoms with E-state index in [9.17, 15) is 14.7 Å². The topological polar surface area (TPSA) is 101 Å². The highest BCUT2D eigenvalue weighted by molar-refractivity contribution is 5.97. The molecule has 2 aromatic rings. The van der Waals surface area contributed by atoms with Gasteiger partial charge >= 0.3 is 0 Å². The molecular formula is C19H25N5O3. The van der Waals surface area contributed by atoms with Gasteiger partial charge in [-0.1, -0.05) is 19.9 Å². The average molecular weight is 371 g/mol. The predicted octanol–water partition coefficient (Wildman–Crippen LogP) is 1.13. The lowest BCUT2D eigenvalue weighted by atomic mass is 10.0. The minimum atomic E-state index is -0.582.